The monoisotopic (exact) mass is 322 g/mol. The summed E-state index contributed by atoms with van der Waals surface area (Å²) in [5.74, 6) is 0.991. The van der Waals surface area contributed by atoms with E-state index in [1.807, 2.05) is 55.5 Å². The second kappa shape index (κ2) is 7.00. The Morgan fingerprint density at radius 2 is 2.00 bits per heavy atom. The number of carbonyl (C=O) groups is 1. The van der Waals surface area contributed by atoms with Crippen LogP contribution in [0.3, 0.4) is 0 Å². The summed E-state index contributed by atoms with van der Waals surface area (Å²) in [6, 6.07) is 15.3. The molecule has 0 fully saturated rings. The van der Waals surface area contributed by atoms with E-state index >= 15 is 0 Å². The highest BCUT2D eigenvalue weighted by Gasteiger charge is 2.18. The SMILES string of the molecule is COc1ccc(CNC(=O)c2ncoc2-c2cccc(C)c2)cc1. The third-order valence-corrected chi connectivity index (χ3v) is 3.67. The highest BCUT2D eigenvalue weighted by Crippen LogP contribution is 2.24. The summed E-state index contributed by atoms with van der Waals surface area (Å²) < 4.78 is 10.5. The second-order valence-electron chi connectivity index (χ2n) is 5.43. The van der Waals surface area contributed by atoms with Gasteiger partial charge in [0.05, 0.1) is 7.11 Å². The third kappa shape index (κ3) is 3.46. The van der Waals surface area contributed by atoms with Gasteiger partial charge in [-0.25, -0.2) is 4.98 Å². The zero-order valence-electron chi connectivity index (χ0n) is 13.6. The molecule has 0 unspecified atom stereocenters. The average molecular weight is 322 g/mol. The number of ether oxygens (including phenoxy) is 1. The molecule has 122 valence electrons. The summed E-state index contributed by atoms with van der Waals surface area (Å²) in [7, 11) is 1.62. The van der Waals surface area contributed by atoms with E-state index in [-0.39, 0.29) is 11.6 Å². The van der Waals surface area contributed by atoms with Crippen LogP contribution in [-0.4, -0.2) is 18.0 Å². The number of rotatable bonds is 5. The standard InChI is InChI=1S/C19H18N2O3/c1-13-4-3-5-15(10-13)18-17(21-12-24-18)19(22)20-11-14-6-8-16(23-2)9-7-14/h3-10,12H,11H2,1-2H3,(H,20,22). The molecule has 0 bridgehead atoms. The Labute approximate surface area is 140 Å². The van der Waals surface area contributed by atoms with Crippen LogP contribution in [0.25, 0.3) is 11.3 Å². The lowest BCUT2D eigenvalue weighted by atomic mass is 10.1. The van der Waals surface area contributed by atoms with Gasteiger partial charge >= 0.3 is 0 Å². The molecule has 1 heterocycles. The minimum Gasteiger partial charge on any atom is -0.497 e. The number of hydrogen-bond acceptors (Lipinski definition) is 4. The number of benzene rings is 2. The second-order valence-corrected chi connectivity index (χ2v) is 5.43. The quantitative estimate of drug-likeness (QED) is 0.779. The van der Waals surface area contributed by atoms with E-state index in [4.69, 9.17) is 9.15 Å². The molecule has 2 aromatic carbocycles. The lowest BCUT2D eigenvalue weighted by molar-refractivity contribution is 0.0947. The first-order valence-corrected chi connectivity index (χ1v) is 7.59. The van der Waals surface area contributed by atoms with Gasteiger partial charge in [-0.3, -0.25) is 4.79 Å². The number of nitrogens with zero attached hydrogens (tertiary/aromatic N) is 1. The summed E-state index contributed by atoms with van der Waals surface area (Å²) in [6.45, 7) is 2.40. The maximum atomic E-state index is 12.4. The fourth-order valence-electron chi connectivity index (χ4n) is 2.41. The summed E-state index contributed by atoms with van der Waals surface area (Å²) >= 11 is 0. The van der Waals surface area contributed by atoms with Crippen LogP contribution in [0.4, 0.5) is 0 Å². The summed E-state index contributed by atoms with van der Waals surface area (Å²) in [5.41, 5.74) is 3.19. The van der Waals surface area contributed by atoms with Crippen LogP contribution in [0.15, 0.2) is 59.3 Å². The first kappa shape index (κ1) is 15.8. The first-order valence-electron chi connectivity index (χ1n) is 7.59. The molecule has 0 spiro atoms. The molecule has 0 saturated carbocycles. The van der Waals surface area contributed by atoms with Crippen molar-refractivity contribution >= 4 is 5.91 Å². The minimum atomic E-state index is -0.268. The van der Waals surface area contributed by atoms with Crippen molar-refractivity contribution in [2.24, 2.45) is 0 Å². The van der Waals surface area contributed by atoms with Gasteiger partial charge in [-0.05, 0) is 30.7 Å². The lowest BCUT2D eigenvalue weighted by Gasteiger charge is -2.06. The molecule has 0 atom stereocenters. The molecule has 3 aromatic rings. The van der Waals surface area contributed by atoms with E-state index in [0.29, 0.717) is 12.3 Å². The highest BCUT2D eigenvalue weighted by atomic mass is 16.5. The Morgan fingerprint density at radius 1 is 1.21 bits per heavy atom. The van der Waals surface area contributed by atoms with Crippen LogP contribution < -0.4 is 10.1 Å². The van der Waals surface area contributed by atoms with Crippen molar-refractivity contribution in [2.75, 3.05) is 7.11 Å². The van der Waals surface area contributed by atoms with Crippen molar-refractivity contribution in [1.29, 1.82) is 0 Å². The predicted molar refractivity (Wildman–Crippen MR) is 90.8 cm³/mol. The fraction of sp³-hybridized carbons (Fsp3) is 0.158. The fourth-order valence-corrected chi connectivity index (χ4v) is 2.41. The van der Waals surface area contributed by atoms with Crippen LogP contribution in [0.2, 0.25) is 0 Å². The number of carbonyl (C=O) groups excluding carboxylic acids is 1. The molecule has 24 heavy (non-hydrogen) atoms. The van der Waals surface area contributed by atoms with E-state index in [1.165, 1.54) is 6.39 Å². The van der Waals surface area contributed by atoms with E-state index in [2.05, 4.69) is 10.3 Å². The maximum absolute atomic E-state index is 12.4. The molecule has 0 saturated heterocycles. The molecule has 0 aliphatic heterocycles. The summed E-state index contributed by atoms with van der Waals surface area (Å²) in [6.07, 6.45) is 1.29. The number of nitrogens with one attached hydrogen (secondary N) is 1. The Morgan fingerprint density at radius 3 is 2.71 bits per heavy atom. The molecular weight excluding hydrogens is 304 g/mol. The first-order chi connectivity index (χ1) is 11.7. The van der Waals surface area contributed by atoms with Crippen molar-refractivity contribution in [1.82, 2.24) is 10.3 Å². The van der Waals surface area contributed by atoms with E-state index in [1.54, 1.807) is 7.11 Å². The molecule has 0 aliphatic rings. The van der Waals surface area contributed by atoms with Crippen molar-refractivity contribution in [3.8, 4) is 17.1 Å². The minimum absolute atomic E-state index is 0.268. The summed E-state index contributed by atoms with van der Waals surface area (Å²) in [4.78, 5) is 16.5. The molecule has 1 aromatic heterocycles. The number of aryl methyl sites for hydroxylation is 1. The van der Waals surface area contributed by atoms with E-state index in [9.17, 15) is 4.79 Å². The van der Waals surface area contributed by atoms with Crippen molar-refractivity contribution < 1.29 is 13.9 Å². The van der Waals surface area contributed by atoms with E-state index in [0.717, 1.165) is 22.4 Å². The number of amides is 1. The Bertz CT molecular complexity index is 838. The largest absolute Gasteiger partial charge is 0.497 e. The van der Waals surface area contributed by atoms with Gasteiger partial charge in [0.2, 0.25) is 0 Å². The zero-order chi connectivity index (χ0) is 16.9. The molecule has 0 aliphatic carbocycles. The van der Waals surface area contributed by atoms with Gasteiger partial charge in [-0.15, -0.1) is 0 Å². The average Bonchev–Trinajstić information content (AvgIpc) is 3.10. The van der Waals surface area contributed by atoms with Crippen LogP contribution in [0.1, 0.15) is 21.6 Å². The molecule has 5 heteroatoms. The maximum Gasteiger partial charge on any atom is 0.274 e. The van der Waals surface area contributed by atoms with Gasteiger partial charge in [-0.1, -0.05) is 35.9 Å². The van der Waals surface area contributed by atoms with Gasteiger partial charge in [0, 0.05) is 12.1 Å². The van der Waals surface area contributed by atoms with Gasteiger partial charge < -0.3 is 14.5 Å². The van der Waals surface area contributed by atoms with Gasteiger partial charge in [0.25, 0.3) is 5.91 Å². The van der Waals surface area contributed by atoms with E-state index < -0.39 is 0 Å². The van der Waals surface area contributed by atoms with Crippen molar-refractivity contribution in [2.45, 2.75) is 13.5 Å². The van der Waals surface area contributed by atoms with Gasteiger partial charge in [0.1, 0.15) is 5.75 Å². The normalized spacial score (nSPS) is 10.4. The third-order valence-electron chi connectivity index (χ3n) is 3.67. The zero-order valence-corrected chi connectivity index (χ0v) is 13.6. The topological polar surface area (TPSA) is 64.4 Å². The van der Waals surface area contributed by atoms with Crippen LogP contribution in [0, 0.1) is 6.92 Å². The Kier molecular flexibility index (Phi) is 4.61. The number of oxazole rings is 1. The van der Waals surface area contributed by atoms with Gasteiger partial charge in [0.15, 0.2) is 17.8 Å². The lowest BCUT2D eigenvalue weighted by Crippen LogP contribution is -2.23. The Balaban J connectivity index is 1.73. The predicted octanol–water partition coefficient (Wildman–Crippen LogP) is 3.59. The highest BCUT2D eigenvalue weighted by molar-refractivity contribution is 5.97. The molecule has 1 N–H and O–H groups in total. The number of methoxy groups -OCH3 is 1. The Hall–Kier alpha value is -3.08. The number of aromatic nitrogens is 1. The van der Waals surface area contributed by atoms with Crippen molar-refractivity contribution in [3.63, 3.8) is 0 Å². The molecule has 1 amide bonds. The van der Waals surface area contributed by atoms with Crippen LogP contribution in [0.5, 0.6) is 5.75 Å². The van der Waals surface area contributed by atoms with Crippen LogP contribution in [-0.2, 0) is 6.54 Å². The number of hydrogen-bond donors (Lipinski definition) is 1. The molecular formula is C19H18N2O3. The molecule has 3 rings (SSSR count). The molecule has 5 nitrogen and oxygen atoms in total. The van der Waals surface area contributed by atoms with Crippen molar-refractivity contribution in [3.05, 3.63) is 71.7 Å². The van der Waals surface area contributed by atoms with Gasteiger partial charge in [-0.2, -0.15) is 0 Å². The van der Waals surface area contributed by atoms with Crippen LogP contribution >= 0.6 is 0 Å². The molecule has 0 radical (unpaired) electrons. The summed E-state index contributed by atoms with van der Waals surface area (Å²) in [5, 5.41) is 2.86. The smallest absolute Gasteiger partial charge is 0.274 e.